The molecule has 0 aromatic rings. The third-order valence-electron chi connectivity index (χ3n) is 1.28. The van der Waals surface area contributed by atoms with Gasteiger partial charge in [0.2, 0.25) is 0 Å². The SMILES string of the molecule is C=C=NC=NC(C)CC(C)C. The first-order valence-electron chi connectivity index (χ1n) is 3.90. The first-order valence-corrected chi connectivity index (χ1v) is 3.90. The Morgan fingerprint density at radius 3 is 2.55 bits per heavy atom. The number of nitrogens with zero attached hydrogens (tertiary/aromatic N) is 2. The van der Waals surface area contributed by atoms with Crippen molar-refractivity contribution in [2.24, 2.45) is 15.9 Å². The van der Waals surface area contributed by atoms with Gasteiger partial charge in [-0.1, -0.05) is 13.8 Å². The van der Waals surface area contributed by atoms with Gasteiger partial charge in [-0.05, 0) is 31.7 Å². The second kappa shape index (κ2) is 5.87. The van der Waals surface area contributed by atoms with Crippen molar-refractivity contribution in [1.29, 1.82) is 0 Å². The summed E-state index contributed by atoms with van der Waals surface area (Å²) in [4.78, 5) is 7.83. The first-order chi connectivity index (χ1) is 5.16. The minimum absolute atomic E-state index is 0.354. The number of aliphatic imine (C=N–C) groups is 2. The van der Waals surface area contributed by atoms with Gasteiger partial charge in [-0.3, -0.25) is 4.99 Å². The second-order valence-corrected chi connectivity index (χ2v) is 3.03. The largest absolute Gasteiger partial charge is 0.270 e. The Hall–Kier alpha value is -0.880. The number of hydrogen-bond acceptors (Lipinski definition) is 1. The van der Waals surface area contributed by atoms with Crippen LogP contribution in [-0.2, 0) is 0 Å². The lowest BCUT2D eigenvalue weighted by atomic mass is 10.1. The molecule has 2 nitrogen and oxygen atoms in total. The highest BCUT2D eigenvalue weighted by Crippen LogP contribution is 2.06. The van der Waals surface area contributed by atoms with Crippen LogP contribution in [0.2, 0.25) is 0 Å². The van der Waals surface area contributed by atoms with E-state index in [2.05, 4.69) is 43.2 Å². The lowest BCUT2D eigenvalue weighted by Gasteiger charge is -2.06. The highest BCUT2D eigenvalue weighted by Gasteiger charge is 2.00. The molecular formula is C9H16N2. The quantitative estimate of drug-likeness (QED) is 0.436. The summed E-state index contributed by atoms with van der Waals surface area (Å²) in [5.74, 6) is 3.09. The van der Waals surface area contributed by atoms with Crippen molar-refractivity contribution in [3.63, 3.8) is 0 Å². The molecule has 0 aliphatic carbocycles. The molecule has 11 heavy (non-hydrogen) atoms. The minimum atomic E-state index is 0.354. The Morgan fingerprint density at radius 2 is 2.09 bits per heavy atom. The van der Waals surface area contributed by atoms with Gasteiger partial charge < -0.3 is 0 Å². The molecular weight excluding hydrogens is 136 g/mol. The van der Waals surface area contributed by atoms with Crippen LogP contribution in [-0.4, -0.2) is 18.3 Å². The molecule has 0 fully saturated rings. The standard InChI is InChI=1S/C9H16N2/c1-5-10-7-11-9(4)6-8(2)3/h7-9H,1,6H2,2-4H3. The van der Waals surface area contributed by atoms with Crippen LogP contribution in [0.4, 0.5) is 0 Å². The maximum absolute atomic E-state index is 4.16. The number of rotatable bonds is 4. The van der Waals surface area contributed by atoms with Gasteiger partial charge in [-0.25, -0.2) is 0 Å². The van der Waals surface area contributed by atoms with Crippen LogP contribution in [0, 0.1) is 5.92 Å². The van der Waals surface area contributed by atoms with Gasteiger partial charge in [0.1, 0.15) is 6.34 Å². The normalized spacial score (nSPS) is 13.5. The summed E-state index contributed by atoms with van der Waals surface area (Å²) in [6, 6.07) is 0.354. The van der Waals surface area contributed by atoms with Crippen molar-refractivity contribution in [2.45, 2.75) is 33.2 Å². The molecule has 0 aromatic carbocycles. The van der Waals surface area contributed by atoms with Crippen LogP contribution in [0.3, 0.4) is 0 Å². The van der Waals surface area contributed by atoms with E-state index in [0.717, 1.165) is 6.42 Å². The van der Waals surface area contributed by atoms with E-state index in [1.54, 1.807) is 0 Å². The maximum Gasteiger partial charge on any atom is 0.120 e. The van der Waals surface area contributed by atoms with Crippen LogP contribution in [0.25, 0.3) is 0 Å². The zero-order valence-corrected chi connectivity index (χ0v) is 7.54. The smallest absolute Gasteiger partial charge is 0.120 e. The topological polar surface area (TPSA) is 24.7 Å². The first kappa shape index (κ1) is 10.1. The second-order valence-electron chi connectivity index (χ2n) is 3.03. The molecule has 0 saturated heterocycles. The van der Waals surface area contributed by atoms with Crippen molar-refractivity contribution in [2.75, 3.05) is 0 Å². The molecule has 0 bridgehead atoms. The summed E-state index contributed by atoms with van der Waals surface area (Å²) in [6.45, 7) is 9.78. The van der Waals surface area contributed by atoms with E-state index >= 15 is 0 Å². The molecule has 1 atom stereocenters. The van der Waals surface area contributed by atoms with Gasteiger partial charge in [0.05, 0.1) is 0 Å². The fourth-order valence-electron chi connectivity index (χ4n) is 0.931. The van der Waals surface area contributed by atoms with Crippen molar-refractivity contribution in [3.05, 3.63) is 6.58 Å². The van der Waals surface area contributed by atoms with Crippen LogP contribution >= 0.6 is 0 Å². The predicted molar refractivity (Wildman–Crippen MR) is 50.5 cm³/mol. The van der Waals surface area contributed by atoms with Crippen LogP contribution in [0.1, 0.15) is 27.2 Å². The van der Waals surface area contributed by atoms with E-state index < -0.39 is 0 Å². The Kier molecular flexibility index (Phi) is 5.40. The third-order valence-corrected chi connectivity index (χ3v) is 1.28. The van der Waals surface area contributed by atoms with Gasteiger partial charge in [0, 0.05) is 6.04 Å². The fourth-order valence-corrected chi connectivity index (χ4v) is 0.931. The van der Waals surface area contributed by atoms with Crippen LogP contribution in [0.5, 0.6) is 0 Å². The van der Waals surface area contributed by atoms with Crippen molar-refractivity contribution in [3.8, 4) is 0 Å². The highest BCUT2D eigenvalue weighted by atomic mass is 14.9. The molecule has 2 heteroatoms. The average molecular weight is 152 g/mol. The lowest BCUT2D eigenvalue weighted by Crippen LogP contribution is -2.02. The van der Waals surface area contributed by atoms with Gasteiger partial charge in [-0.2, -0.15) is 4.99 Å². The summed E-state index contributed by atoms with van der Waals surface area (Å²) < 4.78 is 0. The van der Waals surface area contributed by atoms with Crippen LogP contribution in [0.15, 0.2) is 16.6 Å². The Labute approximate surface area is 68.8 Å². The maximum atomic E-state index is 4.16. The number of hydrogen-bond donors (Lipinski definition) is 0. The van der Waals surface area contributed by atoms with Crippen molar-refractivity contribution < 1.29 is 0 Å². The van der Waals surface area contributed by atoms with Gasteiger partial charge >= 0.3 is 0 Å². The molecule has 0 heterocycles. The van der Waals surface area contributed by atoms with Gasteiger partial charge in [0.15, 0.2) is 0 Å². The Balaban J connectivity index is 3.67. The monoisotopic (exact) mass is 152 g/mol. The summed E-state index contributed by atoms with van der Waals surface area (Å²) in [5, 5.41) is 0. The molecule has 0 aliphatic rings. The van der Waals surface area contributed by atoms with E-state index in [9.17, 15) is 0 Å². The molecule has 0 rings (SSSR count). The molecule has 0 spiro atoms. The zero-order chi connectivity index (χ0) is 8.69. The molecule has 0 radical (unpaired) electrons. The van der Waals surface area contributed by atoms with E-state index in [4.69, 9.17) is 0 Å². The summed E-state index contributed by atoms with van der Waals surface area (Å²) in [6.07, 6.45) is 2.61. The summed E-state index contributed by atoms with van der Waals surface area (Å²) >= 11 is 0. The molecule has 1 unspecified atom stereocenters. The van der Waals surface area contributed by atoms with Crippen LogP contribution < -0.4 is 0 Å². The molecule has 0 aliphatic heterocycles. The zero-order valence-electron chi connectivity index (χ0n) is 7.54. The fraction of sp³-hybridized carbons (Fsp3) is 0.667. The summed E-state index contributed by atoms with van der Waals surface area (Å²) in [7, 11) is 0. The van der Waals surface area contributed by atoms with E-state index in [1.807, 2.05) is 0 Å². The Morgan fingerprint density at radius 1 is 1.45 bits per heavy atom. The minimum Gasteiger partial charge on any atom is -0.270 e. The van der Waals surface area contributed by atoms with E-state index in [1.165, 1.54) is 6.34 Å². The van der Waals surface area contributed by atoms with Gasteiger partial charge in [0.25, 0.3) is 0 Å². The highest BCUT2D eigenvalue weighted by molar-refractivity contribution is 5.67. The van der Waals surface area contributed by atoms with Gasteiger partial charge in [-0.15, -0.1) is 0 Å². The molecule has 0 saturated carbocycles. The summed E-state index contributed by atoms with van der Waals surface area (Å²) in [5.41, 5.74) is 0. The van der Waals surface area contributed by atoms with Crippen molar-refractivity contribution >= 4 is 12.2 Å². The Bertz CT molecular complexity index is 164. The van der Waals surface area contributed by atoms with E-state index in [0.29, 0.717) is 12.0 Å². The molecule has 0 N–H and O–H groups in total. The average Bonchev–Trinajstić information content (AvgIpc) is 1.86. The lowest BCUT2D eigenvalue weighted by molar-refractivity contribution is 0.522. The van der Waals surface area contributed by atoms with Crippen molar-refractivity contribution in [1.82, 2.24) is 0 Å². The third kappa shape index (κ3) is 7.01. The molecule has 62 valence electrons. The molecule has 0 aromatic heterocycles. The van der Waals surface area contributed by atoms with E-state index in [-0.39, 0.29) is 0 Å². The predicted octanol–water partition coefficient (Wildman–Crippen LogP) is 2.31. The molecule has 0 amide bonds.